The SMILES string of the molecule is CC(C)c1nc(N(C)S(C)(=O)=O)nc(-c2ccc(F)cc2)c1/C=C/[C@@H]1C[C@H](CC(N)=O)OC(C)(C)O1. The molecule has 11 heteroatoms. The van der Waals surface area contributed by atoms with E-state index in [0.29, 0.717) is 28.9 Å². The van der Waals surface area contributed by atoms with Crippen LogP contribution in [0.2, 0.25) is 0 Å². The van der Waals surface area contributed by atoms with Crippen molar-refractivity contribution in [3.8, 4) is 11.3 Å². The lowest BCUT2D eigenvalue weighted by molar-refractivity contribution is -0.289. The summed E-state index contributed by atoms with van der Waals surface area (Å²) in [7, 11) is -2.23. The minimum absolute atomic E-state index is 0.0163. The van der Waals surface area contributed by atoms with Crippen LogP contribution >= 0.6 is 0 Å². The first-order valence-electron chi connectivity index (χ1n) is 11.6. The van der Waals surface area contributed by atoms with Crippen LogP contribution < -0.4 is 10.0 Å². The van der Waals surface area contributed by atoms with Gasteiger partial charge in [0.2, 0.25) is 21.9 Å². The average molecular weight is 521 g/mol. The van der Waals surface area contributed by atoms with Crippen LogP contribution in [-0.4, -0.2) is 55.6 Å². The number of rotatable bonds is 8. The van der Waals surface area contributed by atoms with E-state index in [4.69, 9.17) is 15.2 Å². The number of hydrogen-bond acceptors (Lipinski definition) is 7. The second-order valence-corrected chi connectivity index (χ2v) is 11.6. The molecule has 9 nitrogen and oxygen atoms in total. The highest BCUT2D eigenvalue weighted by Gasteiger charge is 2.35. The molecule has 0 radical (unpaired) electrons. The van der Waals surface area contributed by atoms with Gasteiger partial charge in [-0.1, -0.05) is 26.0 Å². The Hall–Kier alpha value is -2.89. The van der Waals surface area contributed by atoms with E-state index in [1.807, 2.05) is 26.0 Å². The fourth-order valence-corrected chi connectivity index (χ4v) is 4.39. The number of amides is 1. The van der Waals surface area contributed by atoms with Crippen molar-refractivity contribution in [2.75, 3.05) is 17.6 Å². The number of carbonyl (C=O) groups excluding carboxylic acids is 1. The number of sulfonamides is 1. The molecular weight excluding hydrogens is 487 g/mol. The summed E-state index contributed by atoms with van der Waals surface area (Å²) in [4.78, 5) is 20.6. The number of benzene rings is 1. The number of nitrogens with two attached hydrogens (primary N) is 1. The maximum absolute atomic E-state index is 13.7. The van der Waals surface area contributed by atoms with Crippen LogP contribution in [0, 0.1) is 5.82 Å². The highest BCUT2D eigenvalue weighted by atomic mass is 32.2. The molecule has 36 heavy (non-hydrogen) atoms. The van der Waals surface area contributed by atoms with Crippen molar-refractivity contribution in [3.05, 3.63) is 47.4 Å². The Morgan fingerprint density at radius 2 is 1.89 bits per heavy atom. The Balaban J connectivity index is 2.13. The number of anilines is 1. The molecule has 1 saturated heterocycles. The molecular formula is C25H33FN4O5S. The van der Waals surface area contributed by atoms with Gasteiger partial charge in [0.25, 0.3) is 0 Å². The third-order valence-corrected chi connectivity index (χ3v) is 6.85. The number of hydrogen-bond donors (Lipinski definition) is 1. The lowest BCUT2D eigenvalue weighted by Gasteiger charge is -2.39. The standard InChI is InChI=1S/C25H33FN4O5S/c1-15(2)22-20(12-11-18-13-19(14-21(27)31)35-25(3,4)34-18)23(16-7-9-17(26)10-8-16)29-24(28-22)30(5)36(6,32)33/h7-12,15,18-19H,13-14H2,1-6H3,(H2,27,31)/b12-11+/t18-,19-/m1/s1. The first-order valence-corrected chi connectivity index (χ1v) is 13.4. The van der Waals surface area contributed by atoms with E-state index in [-0.39, 0.29) is 18.3 Å². The quantitative estimate of drug-likeness (QED) is 0.564. The van der Waals surface area contributed by atoms with Crippen molar-refractivity contribution in [3.63, 3.8) is 0 Å². The molecule has 1 aliphatic rings. The zero-order valence-corrected chi connectivity index (χ0v) is 22.2. The highest BCUT2D eigenvalue weighted by Crippen LogP contribution is 2.33. The molecule has 1 aromatic carbocycles. The maximum atomic E-state index is 13.7. The molecule has 2 aromatic rings. The summed E-state index contributed by atoms with van der Waals surface area (Å²) in [5, 5.41) is 0. The maximum Gasteiger partial charge on any atom is 0.239 e. The van der Waals surface area contributed by atoms with Crippen LogP contribution in [0.5, 0.6) is 0 Å². The van der Waals surface area contributed by atoms with Crippen molar-refractivity contribution < 1.29 is 27.1 Å². The van der Waals surface area contributed by atoms with Gasteiger partial charge in [-0.15, -0.1) is 0 Å². The predicted molar refractivity (Wildman–Crippen MR) is 136 cm³/mol. The fraction of sp³-hybridized carbons (Fsp3) is 0.480. The number of carbonyl (C=O) groups is 1. The zero-order chi connectivity index (χ0) is 26.8. The molecule has 2 heterocycles. The van der Waals surface area contributed by atoms with Crippen molar-refractivity contribution >= 4 is 28.0 Å². The summed E-state index contributed by atoms with van der Waals surface area (Å²) >= 11 is 0. The van der Waals surface area contributed by atoms with E-state index in [2.05, 4.69) is 9.97 Å². The van der Waals surface area contributed by atoms with Crippen molar-refractivity contribution in [2.45, 2.75) is 64.4 Å². The van der Waals surface area contributed by atoms with Crippen molar-refractivity contribution in [1.82, 2.24) is 9.97 Å². The number of aromatic nitrogens is 2. The van der Waals surface area contributed by atoms with E-state index >= 15 is 0 Å². The lowest BCUT2D eigenvalue weighted by Crippen LogP contribution is -2.45. The van der Waals surface area contributed by atoms with Crippen molar-refractivity contribution in [2.24, 2.45) is 5.73 Å². The zero-order valence-electron chi connectivity index (χ0n) is 21.4. The van der Waals surface area contributed by atoms with Gasteiger partial charge in [0, 0.05) is 24.6 Å². The van der Waals surface area contributed by atoms with E-state index in [1.165, 1.54) is 19.2 Å². The van der Waals surface area contributed by atoms with Crippen molar-refractivity contribution in [1.29, 1.82) is 0 Å². The normalized spacial score (nSPS) is 20.1. The highest BCUT2D eigenvalue weighted by molar-refractivity contribution is 7.92. The molecule has 1 aromatic heterocycles. The van der Waals surface area contributed by atoms with Crippen LogP contribution in [0.25, 0.3) is 17.3 Å². The summed E-state index contributed by atoms with van der Waals surface area (Å²) in [5.41, 5.74) is 7.70. The van der Waals surface area contributed by atoms with E-state index < -0.39 is 39.7 Å². The van der Waals surface area contributed by atoms with Gasteiger partial charge in [-0.3, -0.25) is 4.79 Å². The first-order chi connectivity index (χ1) is 16.7. The van der Waals surface area contributed by atoms with Gasteiger partial charge in [-0.25, -0.2) is 27.1 Å². The predicted octanol–water partition coefficient (Wildman–Crippen LogP) is 3.60. The summed E-state index contributed by atoms with van der Waals surface area (Å²) in [6, 6.07) is 5.80. The van der Waals surface area contributed by atoms with Gasteiger partial charge >= 0.3 is 0 Å². The topological polar surface area (TPSA) is 125 Å². The van der Waals surface area contributed by atoms with E-state index in [9.17, 15) is 17.6 Å². The Bertz CT molecular complexity index is 1250. The number of halogens is 1. The van der Waals surface area contributed by atoms with Crippen LogP contribution in [0.4, 0.5) is 10.3 Å². The minimum Gasteiger partial charge on any atom is -0.370 e. The second kappa shape index (κ2) is 10.6. The molecule has 196 valence electrons. The van der Waals surface area contributed by atoms with Gasteiger partial charge in [0.05, 0.1) is 36.3 Å². The molecule has 0 bridgehead atoms. The third-order valence-electron chi connectivity index (χ3n) is 5.69. The van der Waals surface area contributed by atoms with Crippen LogP contribution in [0.1, 0.15) is 57.7 Å². The molecule has 2 atom stereocenters. The minimum atomic E-state index is -3.62. The molecule has 1 amide bonds. The molecule has 3 rings (SSSR count). The monoisotopic (exact) mass is 520 g/mol. The van der Waals surface area contributed by atoms with Gasteiger partial charge in [-0.2, -0.15) is 0 Å². The molecule has 0 saturated carbocycles. The van der Waals surface area contributed by atoms with Gasteiger partial charge in [0.15, 0.2) is 5.79 Å². The molecule has 0 spiro atoms. The Morgan fingerprint density at radius 3 is 2.44 bits per heavy atom. The summed E-state index contributed by atoms with van der Waals surface area (Å²) < 4.78 is 51.0. The largest absolute Gasteiger partial charge is 0.370 e. The second-order valence-electron chi connectivity index (χ2n) is 9.62. The lowest BCUT2D eigenvalue weighted by atomic mass is 9.97. The van der Waals surface area contributed by atoms with E-state index in [0.717, 1.165) is 10.6 Å². The molecule has 1 aliphatic heterocycles. The molecule has 0 aliphatic carbocycles. The number of primary amides is 1. The number of nitrogens with zero attached hydrogens (tertiary/aromatic N) is 3. The van der Waals surface area contributed by atoms with Gasteiger partial charge in [-0.05, 0) is 44.0 Å². The fourth-order valence-electron chi connectivity index (χ4n) is 4.02. The smallest absolute Gasteiger partial charge is 0.239 e. The Morgan fingerprint density at radius 1 is 1.25 bits per heavy atom. The Labute approximate surface area is 211 Å². The summed E-state index contributed by atoms with van der Waals surface area (Å²) in [6.07, 6.45) is 4.44. The first kappa shape index (κ1) is 27.7. The van der Waals surface area contributed by atoms with Gasteiger partial charge < -0.3 is 15.2 Å². The molecule has 1 fully saturated rings. The van der Waals surface area contributed by atoms with Crippen LogP contribution in [0.15, 0.2) is 30.3 Å². The van der Waals surface area contributed by atoms with Crippen LogP contribution in [-0.2, 0) is 24.3 Å². The summed E-state index contributed by atoms with van der Waals surface area (Å²) in [6.45, 7) is 7.41. The third kappa shape index (κ3) is 6.86. The average Bonchev–Trinajstić information content (AvgIpc) is 2.75. The van der Waals surface area contributed by atoms with Gasteiger partial charge in [0.1, 0.15) is 5.82 Å². The van der Waals surface area contributed by atoms with Crippen LogP contribution in [0.3, 0.4) is 0 Å². The molecule has 0 unspecified atom stereocenters. The van der Waals surface area contributed by atoms with E-state index in [1.54, 1.807) is 26.0 Å². The number of ether oxygens (including phenoxy) is 2. The summed E-state index contributed by atoms with van der Waals surface area (Å²) in [5.74, 6) is -1.86. The molecule has 2 N–H and O–H groups in total. The Kier molecular flexibility index (Phi) is 8.17.